The van der Waals surface area contributed by atoms with Crippen molar-refractivity contribution in [3.05, 3.63) is 315 Å². The van der Waals surface area contributed by atoms with Gasteiger partial charge in [-0.1, -0.05) is 374 Å². The Morgan fingerprint density at radius 1 is 0.192 bits per heavy atom. The van der Waals surface area contributed by atoms with Crippen LogP contribution >= 0.6 is 78.7 Å². The fraction of sp³-hybridized carbons (Fsp3) is 0.182. The summed E-state index contributed by atoms with van der Waals surface area (Å²) in [6, 6.07) is 108. The van der Waals surface area contributed by atoms with Gasteiger partial charge in [-0.25, -0.2) is 0 Å². The Kier molecular flexibility index (Phi) is 37.1. The number of hydrogen-bond acceptors (Lipinski definition) is 8. The number of phenolic OH excluding ortho intramolecular Hbond substituents is 4. The standard InChI is InChI=1S/4C22H23OPS.2ClH.2Zr/c4*1-22(2,3)25-20-16-10-15-19(21(20)23)24(17-11-6-4-7-12-17)18-13-8-5-9-14-18;;;;/h4*4-16,23H,1-3H3;2*1H;;/p-2. The Morgan fingerprint density at radius 3 is 0.433 bits per heavy atom. The SMILES string of the molecule is CC(C)(C)Sc1cccc(P(c2ccccc2)c2ccccc2)c1O.CC(C)(C)Sc1cccc(P(c2ccccc2)c2ccccc2)c1O.CC(C)(C)Sc1cccc(P(c2ccccc2)c2ccccc2)c1O.CC(C)(C)Sc1cccc(P(c2ccccc2)c2ccccc2)c1O.[Cl-].[Cl-].[Zr].[Zr]. The number of aromatic hydroxyl groups is 4. The maximum absolute atomic E-state index is 11.0. The number of rotatable bonds is 16. The minimum absolute atomic E-state index is 0. The number of halogens is 2. The molecule has 0 radical (unpaired) electrons. The number of benzene rings is 12. The fourth-order valence-electron chi connectivity index (χ4n) is 10.7. The van der Waals surface area contributed by atoms with Crippen molar-refractivity contribution >= 4 is 142 Å². The Labute approximate surface area is 692 Å². The topological polar surface area (TPSA) is 80.9 Å². The maximum atomic E-state index is 11.0. The maximum Gasteiger partial charge on any atom is 0.137 e. The van der Waals surface area contributed by atoms with Crippen LogP contribution in [0.25, 0.3) is 0 Å². The molecule has 0 spiro atoms. The van der Waals surface area contributed by atoms with E-state index in [0.29, 0.717) is 23.0 Å². The normalized spacial score (nSPS) is 11.2. The Balaban J connectivity index is 0.000000246. The molecule has 4 nitrogen and oxygen atoms in total. The molecule has 12 aromatic carbocycles. The average Bonchev–Trinajstić information content (AvgIpc) is 0.812. The van der Waals surface area contributed by atoms with Crippen LogP contribution in [0.15, 0.2) is 335 Å². The second kappa shape index (κ2) is 42.9. The third-order valence-corrected chi connectivity index (χ3v) is 29.2. The number of phenols is 4. The molecule has 4 N–H and O–H groups in total. The summed E-state index contributed by atoms with van der Waals surface area (Å²) in [7, 11) is -3.15. The molecule has 0 saturated carbocycles. The largest absolute Gasteiger partial charge is 1.00 e. The Morgan fingerprint density at radius 2 is 0.317 bits per heavy atom. The second-order valence-electron chi connectivity index (χ2n) is 27.4. The molecule has 12 rings (SSSR count). The van der Waals surface area contributed by atoms with Crippen LogP contribution in [0.3, 0.4) is 0 Å². The molecule has 12 aromatic rings. The fourth-order valence-corrected chi connectivity index (χ4v) is 24.5. The van der Waals surface area contributed by atoms with Gasteiger partial charge in [0.25, 0.3) is 0 Å². The van der Waals surface area contributed by atoms with Gasteiger partial charge in [-0.15, -0.1) is 47.0 Å². The van der Waals surface area contributed by atoms with E-state index in [2.05, 4.69) is 326 Å². The van der Waals surface area contributed by atoms with E-state index in [1.165, 1.54) is 42.4 Å². The molecule has 16 heteroatoms. The van der Waals surface area contributed by atoms with Gasteiger partial charge in [-0.05, 0) is 98.4 Å². The minimum Gasteiger partial charge on any atom is -1.00 e. The van der Waals surface area contributed by atoms with Crippen molar-refractivity contribution in [2.45, 2.75) is 122 Å². The van der Waals surface area contributed by atoms with E-state index in [-0.39, 0.29) is 96.2 Å². The summed E-state index contributed by atoms with van der Waals surface area (Å²) in [6.07, 6.45) is 0. The van der Waals surface area contributed by atoms with E-state index >= 15 is 0 Å². The molecule has 0 aliphatic heterocycles. The van der Waals surface area contributed by atoms with Crippen molar-refractivity contribution in [1.29, 1.82) is 0 Å². The predicted octanol–water partition coefficient (Wildman–Crippen LogP) is 14.2. The quantitative estimate of drug-likeness (QED) is 0.0563. The molecule has 0 amide bonds. The van der Waals surface area contributed by atoms with E-state index in [9.17, 15) is 20.4 Å². The van der Waals surface area contributed by atoms with Crippen LogP contribution in [0.1, 0.15) is 83.1 Å². The van der Waals surface area contributed by atoms with Crippen molar-refractivity contribution in [2.24, 2.45) is 0 Å². The summed E-state index contributed by atoms with van der Waals surface area (Å²) in [5, 5.41) is 58.2. The van der Waals surface area contributed by atoms with Crippen molar-refractivity contribution < 1.29 is 97.6 Å². The molecule has 0 aliphatic rings. The molecular formula is C88H92Cl2O4P4S4Zr2-2. The zero-order valence-corrected chi connectivity index (χ0v) is 74.3. The summed E-state index contributed by atoms with van der Waals surface area (Å²) >= 11 is 6.84. The monoisotopic (exact) mass is 1710 g/mol. The van der Waals surface area contributed by atoms with Crippen LogP contribution in [0.5, 0.6) is 23.0 Å². The van der Waals surface area contributed by atoms with Crippen molar-refractivity contribution in [2.75, 3.05) is 0 Å². The first kappa shape index (κ1) is 89.9. The van der Waals surface area contributed by atoms with Gasteiger partial charge in [0.05, 0.1) is 19.6 Å². The molecule has 0 fully saturated rings. The number of thioether (sulfide) groups is 4. The van der Waals surface area contributed by atoms with Gasteiger partial charge in [0.15, 0.2) is 0 Å². The third kappa shape index (κ3) is 26.9. The summed E-state index contributed by atoms with van der Waals surface area (Å²) in [6.45, 7) is 26.0. The predicted molar refractivity (Wildman–Crippen MR) is 450 cm³/mol. The van der Waals surface area contributed by atoms with E-state index in [1.54, 1.807) is 47.0 Å². The molecule has 104 heavy (non-hydrogen) atoms. The average molecular weight is 1720 g/mol. The van der Waals surface area contributed by atoms with Gasteiger partial charge in [0.1, 0.15) is 23.0 Å². The van der Waals surface area contributed by atoms with E-state index < -0.39 is 31.7 Å². The number of para-hydroxylation sites is 4. The van der Waals surface area contributed by atoms with Crippen LogP contribution in [-0.4, -0.2) is 39.4 Å². The molecule has 0 atom stereocenters. The van der Waals surface area contributed by atoms with Crippen LogP contribution in [-0.2, 0) is 52.4 Å². The smallest absolute Gasteiger partial charge is 0.137 e. The minimum atomic E-state index is -0.788. The molecule has 0 unspecified atom stereocenters. The van der Waals surface area contributed by atoms with Crippen LogP contribution in [0, 0.1) is 0 Å². The first-order valence-corrected chi connectivity index (χ1v) is 42.1. The first-order valence-electron chi connectivity index (χ1n) is 33.5. The van der Waals surface area contributed by atoms with Gasteiger partial charge in [0.2, 0.25) is 0 Å². The van der Waals surface area contributed by atoms with Crippen LogP contribution in [0.4, 0.5) is 0 Å². The molecule has 536 valence electrons. The van der Waals surface area contributed by atoms with E-state index in [1.807, 2.05) is 72.8 Å². The zero-order valence-electron chi connectivity index (χ0n) is 61.0. The van der Waals surface area contributed by atoms with Gasteiger partial charge >= 0.3 is 0 Å². The van der Waals surface area contributed by atoms with Gasteiger partial charge < -0.3 is 45.2 Å². The summed E-state index contributed by atoms with van der Waals surface area (Å²) in [5.41, 5.74) is 0. The summed E-state index contributed by atoms with van der Waals surface area (Å²) in [5.74, 6) is 1.67. The van der Waals surface area contributed by atoms with E-state index in [0.717, 1.165) is 40.8 Å². The molecular weight excluding hydrogens is 1630 g/mol. The van der Waals surface area contributed by atoms with Crippen molar-refractivity contribution in [3.8, 4) is 23.0 Å². The van der Waals surface area contributed by atoms with Gasteiger partial charge in [-0.2, -0.15) is 0 Å². The molecule has 0 bridgehead atoms. The molecule has 0 aliphatic carbocycles. The Hall–Kier alpha value is -4.69. The van der Waals surface area contributed by atoms with Crippen LogP contribution < -0.4 is 88.5 Å². The first-order chi connectivity index (χ1) is 47.8. The summed E-state index contributed by atoms with van der Waals surface area (Å²) < 4.78 is 0.216. The molecule has 0 heterocycles. The second-order valence-corrected chi connectivity index (χ2v) is 43.6. The molecule has 0 saturated heterocycles. The zero-order chi connectivity index (χ0) is 71.5. The summed E-state index contributed by atoms with van der Waals surface area (Å²) in [4.78, 5) is 3.79. The van der Waals surface area contributed by atoms with Gasteiger partial charge in [0, 0.05) is 92.6 Å². The van der Waals surface area contributed by atoms with Gasteiger partial charge in [-0.3, -0.25) is 0 Å². The van der Waals surface area contributed by atoms with Crippen molar-refractivity contribution in [3.63, 3.8) is 0 Å². The van der Waals surface area contributed by atoms with E-state index in [4.69, 9.17) is 0 Å². The molecule has 0 aromatic heterocycles. The Bertz CT molecular complexity index is 3750. The third-order valence-electron chi connectivity index (χ3n) is 14.7. The van der Waals surface area contributed by atoms with Crippen LogP contribution in [0.2, 0.25) is 0 Å². The number of hydrogen-bond donors (Lipinski definition) is 4. The van der Waals surface area contributed by atoms with Crippen molar-refractivity contribution in [1.82, 2.24) is 0 Å².